The zero-order chi connectivity index (χ0) is 22.5. The Bertz CT molecular complexity index is 1320. The van der Waals surface area contributed by atoms with Crippen molar-refractivity contribution in [3.63, 3.8) is 0 Å². The molecule has 0 aliphatic rings. The number of nitrogens with zero attached hydrogens (tertiary/aromatic N) is 4. The van der Waals surface area contributed by atoms with E-state index in [0.29, 0.717) is 28.2 Å². The van der Waals surface area contributed by atoms with Crippen molar-refractivity contribution in [3.8, 4) is 27.2 Å². The number of carbonyl (C=O) groups excluding carboxylic acids is 1. The van der Waals surface area contributed by atoms with Crippen LogP contribution < -0.4 is 11.1 Å². The number of nitrogens with one attached hydrogen (secondary N) is 1. The molecule has 0 spiro atoms. The molecule has 0 unspecified atom stereocenters. The number of nitriles is 1. The first-order chi connectivity index (χ1) is 15.5. The molecule has 3 N–H and O–H groups in total. The molecule has 32 heavy (non-hydrogen) atoms. The second-order valence-electron chi connectivity index (χ2n) is 6.91. The number of aromatic nitrogens is 3. The largest absolute Gasteiger partial charge is 0.402 e. The molecule has 156 valence electrons. The minimum absolute atomic E-state index is 0.331. The fraction of sp³-hybridized carbons (Fsp3) is 0.0417. The Morgan fingerprint density at radius 3 is 2.25 bits per heavy atom. The van der Waals surface area contributed by atoms with Gasteiger partial charge in [0.25, 0.3) is 5.91 Å². The van der Waals surface area contributed by atoms with E-state index in [1.165, 1.54) is 11.3 Å². The third kappa shape index (κ3) is 4.53. The van der Waals surface area contributed by atoms with E-state index in [1.54, 1.807) is 43.5 Å². The van der Waals surface area contributed by atoms with Gasteiger partial charge in [-0.3, -0.25) is 4.79 Å². The lowest BCUT2D eigenvalue weighted by Crippen LogP contribution is -2.17. The van der Waals surface area contributed by atoms with Crippen molar-refractivity contribution in [2.45, 2.75) is 6.92 Å². The maximum atomic E-state index is 12.8. The van der Waals surface area contributed by atoms with Crippen molar-refractivity contribution in [1.29, 1.82) is 5.26 Å². The van der Waals surface area contributed by atoms with E-state index in [0.717, 1.165) is 21.1 Å². The monoisotopic (exact) mass is 438 g/mol. The minimum atomic E-state index is -0.378. The van der Waals surface area contributed by atoms with E-state index in [4.69, 9.17) is 11.0 Å². The second-order valence-corrected chi connectivity index (χ2v) is 7.89. The fourth-order valence-electron chi connectivity index (χ4n) is 3.06. The lowest BCUT2D eigenvalue weighted by atomic mass is 10.0. The summed E-state index contributed by atoms with van der Waals surface area (Å²) in [6, 6.07) is 22.1. The van der Waals surface area contributed by atoms with Crippen LogP contribution in [0.25, 0.3) is 26.7 Å². The van der Waals surface area contributed by atoms with Crippen LogP contribution in [0, 0.1) is 11.3 Å². The van der Waals surface area contributed by atoms with E-state index >= 15 is 0 Å². The van der Waals surface area contributed by atoms with Gasteiger partial charge in [0, 0.05) is 23.0 Å². The average molecular weight is 439 g/mol. The third-order valence-corrected chi connectivity index (χ3v) is 5.64. The third-order valence-electron chi connectivity index (χ3n) is 4.62. The first-order valence-corrected chi connectivity index (χ1v) is 10.5. The van der Waals surface area contributed by atoms with Gasteiger partial charge in [-0.2, -0.15) is 5.26 Å². The molecule has 4 aromatic rings. The molecule has 2 heterocycles. The molecule has 0 atom stereocenters. The van der Waals surface area contributed by atoms with Crippen molar-refractivity contribution in [3.05, 3.63) is 89.8 Å². The summed E-state index contributed by atoms with van der Waals surface area (Å²) in [4.78, 5) is 17.2. The van der Waals surface area contributed by atoms with Gasteiger partial charge < -0.3 is 11.1 Å². The number of hydrogen-bond acceptors (Lipinski definition) is 7. The first kappa shape index (κ1) is 20.9. The van der Waals surface area contributed by atoms with E-state index in [2.05, 4.69) is 26.6 Å². The Morgan fingerprint density at radius 1 is 0.969 bits per heavy atom. The maximum absolute atomic E-state index is 12.8. The average Bonchev–Trinajstić information content (AvgIpc) is 3.31. The molecule has 2 aromatic carbocycles. The minimum Gasteiger partial charge on any atom is -0.402 e. The lowest BCUT2D eigenvalue weighted by Gasteiger charge is -2.11. The van der Waals surface area contributed by atoms with E-state index in [-0.39, 0.29) is 5.91 Å². The smallest absolute Gasteiger partial charge is 0.259 e. The molecule has 0 saturated carbocycles. The molecule has 0 bridgehead atoms. The number of benzene rings is 2. The molecular weight excluding hydrogens is 420 g/mol. The highest BCUT2D eigenvalue weighted by molar-refractivity contribution is 7.17. The van der Waals surface area contributed by atoms with E-state index in [1.807, 2.05) is 36.4 Å². The molecule has 2 aromatic heterocycles. The summed E-state index contributed by atoms with van der Waals surface area (Å²) in [5.41, 5.74) is 9.61. The van der Waals surface area contributed by atoms with Crippen LogP contribution >= 0.6 is 11.3 Å². The molecule has 0 aliphatic carbocycles. The van der Waals surface area contributed by atoms with Gasteiger partial charge in [-0.1, -0.05) is 53.8 Å². The van der Waals surface area contributed by atoms with Crippen molar-refractivity contribution in [1.82, 2.24) is 15.2 Å². The summed E-state index contributed by atoms with van der Waals surface area (Å²) in [6.45, 7) is 1.66. The predicted octanol–water partition coefficient (Wildman–Crippen LogP) is 4.47. The second kappa shape index (κ2) is 9.20. The number of amides is 1. The molecule has 7 nitrogen and oxygen atoms in total. The van der Waals surface area contributed by atoms with Crippen LogP contribution in [-0.2, 0) is 4.79 Å². The zero-order valence-electron chi connectivity index (χ0n) is 17.1. The van der Waals surface area contributed by atoms with Crippen molar-refractivity contribution in [2.75, 3.05) is 5.32 Å². The quantitative estimate of drug-likeness (QED) is 0.444. The lowest BCUT2D eigenvalue weighted by molar-refractivity contribution is -0.111. The molecule has 4 rings (SSSR count). The van der Waals surface area contributed by atoms with Gasteiger partial charge in [-0.15, -0.1) is 10.2 Å². The molecule has 0 fully saturated rings. The zero-order valence-corrected chi connectivity index (χ0v) is 17.9. The molecule has 8 heteroatoms. The molecule has 1 amide bonds. The van der Waals surface area contributed by atoms with Crippen LogP contribution in [0.1, 0.15) is 18.1 Å². The normalized spacial score (nSPS) is 11.4. The van der Waals surface area contributed by atoms with Crippen LogP contribution in [0.2, 0.25) is 0 Å². The van der Waals surface area contributed by atoms with E-state index < -0.39 is 0 Å². The number of carbonyl (C=O) groups is 1. The topological polar surface area (TPSA) is 118 Å². The van der Waals surface area contributed by atoms with Crippen molar-refractivity contribution in [2.24, 2.45) is 5.73 Å². The number of pyridine rings is 1. The molecule has 0 aliphatic heterocycles. The Morgan fingerprint density at radius 2 is 1.66 bits per heavy atom. The SMILES string of the molecule is C/C(N)=C(/C(=O)Nc1ccc(-c2nnc(-c3ccccc3)s2)cn1)c1ccc(C#N)cc1. The van der Waals surface area contributed by atoms with Gasteiger partial charge >= 0.3 is 0 Å². The van der Waals surface area contributed by atoms with E-state index in [9.17, 15) is 4.79 Å². The van der Waals surface area contributed by atoms with Crippen LogP contribution in [0.5, 0.6) is 0 Å². The fourth-order valence-corrected chi connectivity index (χ4v) is 3.90. The molecule has 0 radical (unpaired) electrons. The van der Waals surface area contributed by atoms with Crippen molar-refractivity contribution < 1.29 is 4.79 Å². The standard InChI is InChI=1S/C24H18N6OS/c1-15(26)21(17-9-7-16(13-25)8-10-17)22(31)28-20-12-11-19(14-27-20)24-30-29-23(32-24)18-5-3-2-4-6-18/h2-12,14H,26H2,1H3,(H,27,28,31)/b21-15-. The first-order valence-electron chi connectivity index (χ1n) is 9.69. The molecular formula is C24H18N6OS. The predicted molar refractivity (Wildman–Crippen MR) is 125 cm³/mol. The summed E-state index contributed by atoms with van der Waals surface area (Å²) in [5, 5.41) is 21.8. The summed E-state index contributed by atoms with van der Waals surface area (Å²) in [5.74, 6) is 0.0104. The number of allylic oxidation sites excluding steroid dienone is 1. The Kier molecular flexibility index (Phi) is 6.01. The van der Waals surface area contributed by atoms with Gasteiger partial charge in [0.15, 0.2) is 0 Å². The summed E-state index contributed by atoms with van der Waals surface area (Å²) < 4.78 is 0. The van der Waals surface area contributed by atoms with Crippen LogP contribution in [0.15, 0.2) is 78.6 Å². The number of nitrogens with two attached hydrogens (primary N) is 1. The highest BCUT2D eigenvalue weighted by atomic mass is 32.1. The summed E-state index contributed by atoms with van der Waals surface area (Å²) in [7, 11) is 0. The van der Waals surface area contributed by atoms with Gasteiger partial charge in [0.1, 0.15) is 15.8 Å². The van der Waals surface area contributed by atoms with Crippen LogP contribution in [0.3, 0.4) is 0 Å². The highest BCUT2D eigenvalue weighted by Crippen LogP contribution is 2.30. The molecule has 0 saturated heterocycles. The number of hydrogen-bond donors (Lipinski definition) is 2. The van der Waals surface area contributed by atoms with Gasteiger partial charge in [0.05, 0.1) is 17.2 Å². The Labute approximate surface area is 188 Å². The van der Waals surface area contributed by atoms with Crippen LogP contribution in [0.4, 0.5) is 5.82 Å². The van der Waals surface area contributed by atoms with Gasteiger partial charge in [-0.05, 0) is 36.8 Å². The Hall–Kier alpha value is -4.35. The van der Waals surface area contributed by atoms with Crippen LogP contribution in [-0.4, -0.2) is 21.1 Å². The maximum Gasteiger partial charge on any atom is 0.259 e. The summed E-state index contributed by atoms with van der Waals surface area (Å²) in [6.07, 6.45) is 1.64. The Balaban J connectivity index is 1.50. The number of rotatable bonds is 5. The van der Waals surface area contributed by atoms with Gasteiger partial charge in [0.2, 0.25) is 0 Å². The highest BCUT2D eigenvalue weighted by Gasteiger charge is 2.16. The number of anilines is 1. The van der Waals surface area contributed by atoms with Crippen molar-refractivity contribution >= 4 is 28.6 Å². The summed E-state index contributed by atoms with van der Waals surface area (Å²) >= 11 is 1.47. The van der Waals surface area contributed by atoms with Gasteiger partial charge in [-0.25, -0.2) is 4.98 Å².